The molecule has 1 aromatic heterocycles. The molecule has 5 heteroatoms. The minimum Gasteiger partial charge on any atom is -0.397 e. The van der Waals surface area contributed by atoms with Crippen molar-refractivity contribution in [1.29, 1.82) is 0 Å². The molecule has 17 heavy (non-hydrogen) atoms. The fraction of sp³-hybridized carbons (Fsp3) is 0.0833. The molecule has 0 atom stereocenters. The molecule has 0 aliphatic carbocycles. The lowest BCUT2D eigenvalue weighted by Gasteiger charge is -2.05. The zero-order chi connectivity index (χ0) is 12.6. The molecule has 0 spiro atoms. The highest BCUT2D eigenvalue weighted by Crippen LogP contribution is 2.31. The smallest absolute Gasteiger partial charge is 0.196 e. The van der Waals surface area contributed by atoms with Crippen LogP contribution in [0.5, 0.6) is 0 Å². The van der Waals surface area contributed by atoms with Crippen LogP contribution in [0.25, 0.3) is 0 Å². The van der Waals surface area contributed by atoms with Gasteiger partial charge in [-0.3, -0.25) is 4.79 Å². The molecule has 2 rings (SSSR count). The van der Waals surface area contributed by atoms with E-state index in [-0.39, 0.29) is 5.78 Å². The van der Waals surface area contributed by atoms with Gasteiger partial charge in [0.05, 0.1) is 14.5 Å². The third-order valence-corrected chi connectivity index (χ3v) is 4.31. The number of aryl methyl sites for hydroxylation is 1. The third-order valence-electron chi connectivity index (χ3n) is 2.43. The minimum atomic E-state index is -0.0931. The number of halogens is 2. The predicted octanol–water partition coefficient (Wildman–Crippen LogP) is 4.29. The lowest BCUT2D eigenvalue weighted by atomic mass is 10.0. The maximum atomic E-state index is 12.3. The molecule has 0 bridgehead atoms. The molecule has 0 radical (unpaired) electrons. The summed E-state index contributed by atoms with van der Waals surface area (Å²) in [6.07, 6.45) is 0. The van der Waals surface area contributed by atoms with Crippen molar-refractivity contribution in [3.8, 4) is 0 Å². The second-order valence-corrected chi connectivity index (χ2v) is 6.59. The maximum Gasteiger partial charge on any atom is 0.196 e. The van der Waals surface area contributed by atoms with Gasteiger partial charge in [-0.05, 0) is 41.1 Å². The summed E-state index contributed by atoms with van der Waals surface area (Å²) in [6, 6.07) is 6.89. The van der Waals surface area contributed by atoms with Crippen LogP contribution in [0, 0.1) is 6.92 Å². The first-order chi connectivity index (χ1) is 8.00. The van der Waals surface area contributed by atoms with Gasteiger partial charge in [-0.2, -0.15) is 0 Å². The van der Waals surface area contributed by atoms with Crippen LogP contribution in [-0.4, -0.2) is 5.78 Å². The van der Waals surface area contributed by atoms with Crippen molar-refractivity contribution in [3.05, 3.63) is 49.1 Å². The molecule has 0 unspecified atom stereocenters. The monoisotopic (exact) mass is 329 g/mol. The highest BCUT2D eigenvalue weighted by Gasteiger charge is 2.17. The van der Waals surface area contributed by atoms with Crippen molar-refractivity contribution in [2.24, 2.45) is 0 Å². The van der Waals surface area contributed by atoms with E-state index in [2.05, 4.69) is 15.9 Å². The zero-order valence-corrected chi connectivity index (χ0v) is 12.1. The molecular weight excluding hydrogens is 322 g/mol. The second-order valence-electron chi connectivity index (χ2n) is 3.55. The van der Waals surface area contributed by atoms with Gasteiger partial charge in [0, 0.05) is 16.0 Å². The summed E-state index contributed by atoms with van der Waals surface area (Å²) in [4.78, 5) is 13.3. The van der Waals surface area contributed by atoms with Gasteiger partial charge >= 0.3 is 0 Å². The van der Waals surface area contributed by atoms with Crippen molar-refractivity contribution in [3.63, 3.8) is 0 Å². The molecular formula is C12H9BrClNOS. The van der Waals surface area contributed by atoms with E-state index < -0.39 is 0 Å². The second kappa shape index (κ2) is 4.80. The first-order valence-corrected chi connectivity index (χ1v) is 6.84. The number of anilines is 1. The first-order valence-electron chi connectivity index (χ1n) is 4.85. The van der Waals surface area contributed by atoms with Crippen LogP contribution in [-0.2, 0) is 0 Å². The maximum absolute atomic E-state index is 12.3. The molecule has 1 heterocycles. The SMILES string of the molecule is Cc1sc(Br)cc1C(=O)c1cccc(Cl)c1N. The summed E-state index contributed by atoms with van der Waals surface area (Å²) in [5, 5.41) is 0.405. The summed E-state index contributed by atoms with van der Waals surface area (Å²) in [6.45, 7) is 1.91. The predicted molar refractivity (Wildman–Crippen MR) is 76.1 cm³/mol. The fourth-order valence-electron chi connectivity index (χ4n) is 1.55. The Labute approximate surface area is 117 Å². The van der Waals surface area contributed by atoms with E-state index in [1.807, 2.05) is 13.0 Å². The van der Waals surface area contributed by atoms with Crippen LogP contribution in [0.1, 0.15) is 20.8 Å². The van der Waals surface area contributed by atoms with Gasteiger partial charge in [0.2, 0.25) is 0 Å². The highest BCUT2D eigenvalue weighted by atomic mass is 79.9. The molecule has 0 saturated carbocycles. The zero-order valence-electron chi connectivity index (χ0n) is 8.96. The fourth-order valence-corrected chi connectivity index (χ4v) is 3.41. The Balaban J connectivity index is 2.51. The van der Waals surface area contributed by atoms with Gasteiger partial charge in [0.25, 0.3) is 0 Å². The first kappa shape index (κ1) is 12.6. The van der Waals surface area contributed by atoms with E-state index >= 15 is 0 Å². The normalized spacial score (nSPS) is 10.5. The average Bonchev–Trinajstić information content (AvgIpc) is 2.61. The number of nitrogens with two attached hydrogens (primary N) is 1. The Bertz CT molecular complexity index is 594. The van der Waals surface area contributed by atoms with Crippen molar-refractivity contribution in [1.82, 2.24) is 0 Å². The number of ketones is 1. The van der Waals surface area contributed by atoms with Crippen molar-refractivity contribution >= 4 is 50.3 Å². The summed E-state index contributed by atoms with van der Waals surface area (Å²) in [5.74, 6) is -0.0931. The lowest BCUT2D eigenvalue weighted by molar-refractivity contribution is 0.103. The molecule has 0 amide bonds. The topological polar surface area (TPSA) is 43.1 Å². The Hall–Kier alpha value is -0.840. The number of hydrogen-bond donors (Lipinski definition) is 1. The minimum absolute atomic E-state index is 0.0931. The Morgan fingerprint density at radius 2 is 2.12 bits per heavy atom. The number of benzene rings is 1. The molecule has 2 aromatic rings. The van der Waals surface area contributed by atoms with Crippen LogP contribution in [0.15, 0.2) is 28.1 Å². The highest BCUT2D eigenvalue weighted by molar-refractivity contribution is 9.11. The molecule has 0 aliphatic rings. The largest absolute Gasteiger partial charge is 0.397 e. The van der Waals surface area contributed by atoms with Crippen molar-refractivity contribution in [2.45, 2.75) is 6.92 Å². The van der Waals surface area contributed by atoms with Crippen LogP contribution >= 0.6 is 38.9 Å². The number of carbonyl (C=O) groups excluding carboxylic acids is 1. The molecule has 88 valence electrons. The average molecular weight is 331 g/mol. The van der Waals surface area contributed by atoms with E-state index in [0.29, 0.717) is 21.8 Å². The number of hydrogen-bond acceptors (Lipinski definition) is 3. The lowest BCUT2D eigenvalue weighted by Crippen LogP contribution is -2.05. The van der Waals surface area contributed by atoms with Gasteiger partial charge in [-0.1, -0.05) is 17.7 Å². The number of nitrogen functional groups attached to an aromatic ring is 1. The van der Waals surface area contributed by atoms with E-state index in [9.17, 15) is 4.79 Å². The van der Waals surface area contributed by atoms with Gasteiger partial charge in [0.15, 0.2) is 5.78 Å². The molecule has 2 N–H and O–H groups in total. The van der Waals surface area contributed by atoms with Crippen LogP contribution in [0.2, 0.25) is 5.02 Å². The quantitative estimate of drug-likeness (QED) is 0.659. The standard InChI is InChI=1S/C12H9BrClNOS/c1-6-8(5-10(13)17-6)12(16)7-3-2-4-9(14)11(7)15/h2-5H,15H2,1H3. The summed E-state index contributed by atoms with van der Waals surface area (Å²) < 4.78 is 0.930. The molecule has 1 aromatic carbocycles. The molecule has 2 nitrogen and oxygen atoms in total. The van der Waals surface area contributed by atoms with Gasteiger partial charge in [-0.15, -0.1) is 11.3 Å². The Kier molecular flexibility index (Phi) is 3.56. The van der Waals surface area contributed by atoms with E-state index in [1.165, 1.54) is 11.3 Å². The molecule has 0 aliphatic heterocycles. The van der Waals surface area contributed by atoms with Crippen molar-refractivity contribution in [2.75, 3.05) is 5.73 Å². The van der Waals surface area contributed by atoms with E-state index in [0.717, 1.165) is 8.66 Å². The summed E-state index contributed by atoms with van der Waals surface area (Å²) >= 11 is 10.8. The van der Waals surface area contributed by atoms with Crippen LogP contribution in [0.3, 0.4) is 0 Å². The van der Waals surface area contributed by atoms with Crippen LogP contribution < -0.4 is 5.73 Å². The summed E-state index contributed by atoms with van der Waals surface area (Å²) in [5.41, 5.74) is 7.26. The molecule has 0 fully saturated rings. The molecule has 0 saturated heterocycles. The number of para-hydroxylation sites is 1. The van der Waals surface area contributed by atoms with Gasteiger partial charge in [0.1, 0.15) is 0 Å². The van der Waals surface area contributed by atoms with Crippen LogP contribution in [0.4, 0.5) is 5.69 Å². The number of carbonyl (C=O) groups is 1. The number of thiophene rings is 1. The number of rotatable bonds is 2. The van der Waals surface area contributed by atoms with E-state index in [4.69, 9.17) is 17.3 Å². The van der Waals surface area contributed by atoms with E-state index in [1.54, 1.807) is 18.2 Å². The Morgan fingerprint density at radius 3 is 2.71 bits per heavy atom. The Morgan fingerprint density at radius 1 is 1.41 bits per heavy atom. The summed E-state index contributed by atoms with van der Waals surface area (Å²) in [7, 11) is 0. The van der Waals surface area contributed by atoms with Gasteiger partial charge in [-0.25, -0.2) is 0 Å². The third kappa shape index (κ3) is 2.39. The van der Waals surface area contributed by atoms with Crippen molar-refractivity contribution < 1.29 is 4.79 Å². The van der Waals surface area contributed by atoms with Gasteiger partial charge < -0.3 is 5.73 Å².